The maximum atomic E-state index is 11.8. The Bertz CT molecular complexity index is 469. The number of carbonyl (C=O) groups excluding carboxylic acids is 4. The summed E-state index contributed by atoms with van der Waals surface area (Å²) in [5.41, 5.74) is 0. The van der Waals surface area contributed by atoms with Gasteiger partial charge in [0.05, 0.1) is 6.54 Å². The maximum absolute atomic E-state index is 11.8. The largest absolute Gasteiger partial charge is 0.316 e. The number of carbonyl (C=O) groups is 4. The van der Waals surface area contributed by atoms with Crippen molar-refractivity contribution in [1.82, 2.24) is 9.80 Å². The van der Waals surface area contributed by atoms with Crippen LogP contribution in [0.4, 0.5) is 0 Å². The number of ketones is 1. The lowest BCUT2D eigenvalue weighted by Gasteiger charge is -2.15. The van der Waals surface area contributed by atoms with E-state index >= 15 is 0 Å². The first-order valence-corrected chi connectivity index (χ1v) is 7.40. The molecule has 0 bridgehead atoms. The van der Waals surface area contributed by atoms with Crippen LogP contribution in [0.5, 0.6) is 0 Å². The van der Waals surface area contributed by atoms with Crippen molar-refractivity contribution < 1.29 is 19.2 Å². The minimum absolute atomic E-state index is 0.105. The van der Waals surface area contributed by atoms with E-state index in [0.29, 0.717) is 19.4 Å². The van der Waals surface area contributed by atoms with Gasteiger partial charge in [-0.3, -0.25) is 24.1 Å². The van der Waals surface area contributed by atoms with E-state index in [1.807, 2.05) is 0 Å². The minimum atomic E-state index is -0.261. The number of amides is 3. The molecule has 0 spiro atoms. The summed E-state index contributed by atoms with van der Waals surface area (Å²) in [5.74, 6) is -0.825. The monoisotopic (exact) mass is 306 g/mol. The Labute approximate surface area is 130 Å². The molecule has 22 heavy (non-hydrogen) atoms. The lowest BCUT2D eigenvalue weighted by Crippen LogP contribution is -2.34. The van der Waals surface area contributed by atoms with Gasteiger partial charge in [0.2, 0.25) is 17.7 Å². The molecule has 0 atom stereocenters. The lowest BCUT2D eigenvalue weighted by molar-refractivity contribution is -0.141. The van der Waals surface area contributed by atoms with Gasteiger partial charge in [-0.25, -0.2) is 0 Å². The summed E-state index contributed by atoms with van der Waals surface area (Å²) >= 11 is 0. The number of Topliss-reactive ketones (excluding diaryl/α,β-unsaturated/α-hetero) is 1. The van der Waals surface area contributed by atoms with Crippen LogP contribution in [0.3, 0.4) is 0 Å². The van der Waals surface area contributed by atoms with Crippen molar-refractivity contribution in [3.8, 4) is 0 Å². The predicted molar refractivity (Wildman–Crippen MR) is 81.5 cm³/mol. The summed E-state index contributed by atoms with van der Waals surface area (Å²) in [6.45, 7) is 7.40. The van der Waals surface area contributed by atoms with Crippen molar-refractivity contribution in [2.75, 3.05) is 13.1 Å². The second-order valence-electron chi connectivity index (χ2n) is 5.14. The smallest absolute Gasteiger partial charge is 0.249 e. The average molecular weight is 306 g/mol. The molecule has 0 saturated carbocycles. The van der Waals surface area contributed by atoms with Gasteiger partial charge in [-0.2, -0.15) is 0 Å². The first-order valence-electron chi connectivity index (χ1n) is 7.40. The van der Waals surface area contributed by atoms with Crippen LogP contribution in [-0.2, 0) is 19.2 Å². The Kier molecular flexibility index (Phi) is 7.22. The van der Waals surface area contributed by atoms with Crippen LogP contribution in [0.1, 0.15) is 38.5 Å². The summed E-state index contributed by atoms with van der Waals surface area (Å²) < 4.78 is 0. The number of rotatable bonds is 10. The highest BCUT2D eigenvalue weighted by Crippen LogP contribution is 2.12. The zero-order valence-corrected chi connectivity index (χ0v) is 12.8. The Hall–Kier alpha value is -2.24. The summed E-state index contributed by atoms with van der Waals surface area (Å²) in [4.78, 5) is 48.4. The van der Waals surface area contributed by atoms with E-state index in [1.54, 1.807) is 0 Å². The van der Waals surface area contributed by atoms with Crippen LogP contribution in [0.15, 0.2) is 25.4 Å². The van der Waals surface area contributed by atoms with Crippen LogP contribution in [0, 0.1) is 0 Å². The van der Waals surface area contributed by atoms with Gasteiger partial charge in [-0.05, 0) is 25.1 Å². The summed E-state index contributed by atoms with van der Waals surface area (Å²) in [7, 11) is 0. The Morgan fingerprint density at radius 3 is 2.27 bits per heavy atom. The molecule has 0 N–H and O–H groups in total. The zero-order chi connectivity index (χ0) is 16.5. The van der Waals surface area contributed by atoms with Gasteiger partial charge in [-0.15, -0.1) is 0 Å². The number of nitrogens with zero attached hydrogens (tertiary/aromatic N) is 2. The molecule has 0 aromatic carbocycles. The van der Waals surface area contributed by atoms with Crippen molar-refractivity contribution in [1.29, 1.82) is 0 Å². The van der Waals surface area contributed by atoms with Crippen LogP contribution in [-0.4, -0.2) is 46.4 Å². The van der Waals surface area contributed by atoms with Gasteiger partial charge in [-0.1, -0.05) is 19.6 Å². The normalized spacial score (nSPS) is 14.1. The van der Waals surface area contributed by atoms with Crippen molar-refractivity contribution in [2.24, 2.45) is 0 Å². The second kappa shape index (κ2) is 8.92. The van der Waals surface area contributed by atoms with Crippen LogP contribution < -0.4 is 0 Å². The van der Waals surface area contributed by atoms with Crippen molar-refractivity contribution in [3.63, 3.8) is 0 Å². The van der Waals surface area contributed by atoms with Crippen molar-refractivity contribution in [2.45, 2.75) is 38.5 Å². The molecule has 3 amide bonds. The second-order valence-corrected chi connectivity index (χ2v) is 5.14. The molecule has 1 rings (SSSR count). The van der Waals surface area contributed by atoms with Gasteiger partial charge in [0.1, 0.15) is 0 Å². The van der Waals surface area contributed by atoms with Crippen LogP contribution >= 0.6 is 0 Å². The van der Waals surface area contributed by atoms with Gasteiger partial charge >= 0.3 is 0 Å². The molecule has 1 fully saturated rings. The Balaban J connectivity index is 2.19. The molecule has 0 unspecified atom stereocenters. The fraction of sp³-hybridized carbons (Fsp3) is 0.500. The number of likely N-dealkylation sites (tertiary alicyclic amines) is 1. The van der Waals surface area contributed by atoms with E-state index in [2.05, 4.69) is 13.2 Å². The first kappa shape index (κ1) is 17.8. The lowest BCUT2D eigenvalue weighted by atomic mass is 10.1. The molecule has 0 aromatic heterocycles. The van der Waals surface area contributed by atoms with E-state index in [9.17, 15) is 19.2 Å². The summed E-state index contributed by atoms with van der Waals surface area (Å²) in [6.07, 6.45) is 5.64. The molecular weight excluding hydrogens is 284 g/mol. The van der Waals surface area contributed by atoms with E-state index < -0.39 is 0 Å². The quantitative estimate of drug-likeness (QED) is 0.347. The molecule has 6 heteroatoms. The highest BCUT2D eigenvalue weighted by molar-refractivity contribution is 6.04. The SMILES string of the molecule is C=CC(=O)N(C=C)CCCCCC(=O)CN1C(=O)CCC1=O. The number of hydrogen-bond acceptors (Lipinski definition) is 4. The van der Waals surface area contributed by atoms with Crippen LogP contribution in [0.2, 0.25) is 0 Å². The van der Waals surface area contributed by atoms with E-state index in [4.69, 9.17) is 0 Å². The maximum Gasteiger partial charge on any atom is 0.249 e. The predicted octanol–water partition coefficient (Wildman–Crippen LogP) is 1.42. The van der Waals surface area contributed by atoms with Gasteiger partial charge in [0.15, 0.2) is 5.78 Å². The number of unbranched alkanes of at least 4 members (excludes halogenated alkanes) is 2. The molecule has 120 valence electrons. The third kappa shape index (κ3) is 5.27. The third-order valence-corrected chi connectivity index (χ3v) is 3.52. The van der Waals surface area contributed by atoms with Crippen molar-refractivity contribution in [3.05, 3.63) is 25.4 Å². The average Bonchev–Trinajstić information content (AvgIpc) is 2.82. The number of hydrogen-bond donors (Lipinski definition) is 0. The highest BCUT2D eigenvalue weighted by atomic mass is 16.2. The molecule has 1 aliphatic heterocycles. The molecule has 1 heterocycles. The van der Waals surface area contributed by atoms with Gasteiger partial charge < -0.3 is 4.90 Å². The van der Waals surface area contributed by atoms with Gasteiger partial charge in [0.25, 0.3) is 0 Å². The van der Waals surface area contributed by atoms with E-state index in [1.165, 1.54) is 17.2 Å². The zero-order valence-electron chi connectivity index (χ0n) is 12.8. The molecule has 1 saturated heterocycles. The van der Waals surface area contributed by atoms with Crippen LogP contribution in [0.25, 0.3) is 0 Å². The standard InChI is InChI=1S/C16H22N2O4/c1-3-14(20)17(4-2)11-7-5-6-8-13(19)12-18-15(21)9-10-16(18)22/h3-4H,1-2,5-12H2. The van der Waals surface area contributed by atoms with Gasteiger partial charge in [0, 0.05) is 25.8 Å². The molecular formula is C16H22N2O4. The Morgan fingerprint density at radius 1 is 1.09 bits per heavy atom. The van der Waals surface area contributed by atoms with E-state index in [0.717, 1.165) is 17.7 Å². The topological polar surface area (TPSA) is 74.8 Å². The fourth-order valence-electron chi connectivity index (χ4n) is 2.24. The minimum Gasteiger partial charge on any atom is -0.316 e. The first-order chi connectivity index (χ1) is 10.5. The highest BCUT2D eigenvalue weighted by Gasteiger charge is 2.29. The fourth-order valence-corrected chi connectivity index (χ4v) is 2.24. The molecule has 0 aliphatic carbocycles. The molecule has 0 radical (unpaired) electrons. The summed E-state index contributed by atoms with van der Waals surface area (Å²) in [5, 5.41) is 0. The molecule has 0 aromatic rings. The molecule has 6 nitrogen and oxygen atoms in total. The number of imide groups is 1. The summed E-state index contributed by atoms with van der Waals surface area (Å²) in [6, 6.07) is 0. The Morgan fingerprint density at radius 2 is 1.73 bits per heavy atom. The van der Waals surface area contributed by atoms with E-state index in [-0.39, 0.29) is 42.9 Å². The molecule has 1 aliphatic rings. The van der Waals surface area contributed by atoms with Crippen molar-refractivity contribution >= 4 is 23.5 Å². The third-order valence-electron chi connectivity index (χ3n) is 3.52.